The Labute approximate surface area is 168 Å². The van der Waals surface area contributed by atoms with Crippen LogP contribution in [0.4, 0.5) is 0 Å². The highest BCUT2D eigenvalue weighted by atomic mass is 16.5. The molecule has 0 aliphatic carbocycles. The zero-order valence-electron chi connectivity index (χ0n) is 17.3. The molecule has 2 saturated heterocycles. The molecule has 0 aromatic heterocycles. The highest BCUT2D eigenvalue weighted by Gasteiger charge is 2.32. The molecule has 0 amide bonds. The van der Waals surface area contributed by atoms with Crippen molar-refractivity contribution in [3.05, 3.63) is 24.3 Å². The number of aliphatic imine (C=N–C) groups is 1. The van der Waals surface area contributed by atoms with Crippen molar-refractivity contribution in [1.29, 1.82) is 0 Å². The predicted molar refractivity (Wildman–Crippen MR) is 111 cm³/mol. The van der Waals surface area contributed by atoms with Crippen molar-refractivity contribution in [2.75, 3.05) is 46.4 Å². The summed E-state index contributed by atoms with van der Waals surface area (Å²) < 4.78 is 17.2. The van der Waals surface area contributed by atoms with Crippen LogP contribution in [0.3, 0.4) is 0 Å². The van der Waals surface area contributed by atoms with Gasteiger partial charge in [-0.25, -0.2) is 4.99 Å². The number of nitrogens with one attached hydrogen (secondary N) is 2. The molecule has 2 aliphatic rings. The van der Waals surface area contributed by atoms with E-state index in [2.05, 4.69) is 27.4 Å². The first-order valence-electron chi connectivity index (χ1n) is 10.4. The van der Waals surface area contributed by atoms with Crippen LogP contribution in [-0.4, -0.2) is 75.5 Å². The quantitative estimate of drug-likeness (QED) is 0.522. The molecule has 1 aromatic carbocycles. The van der Waals surface area contributed by atoms with E-state index in [9.17, 15) is 0 Å². The van der Waals surface area contributed by atoms with Crippen molar-refractivity contribution in [3.63, 3.8) is 0 Å². The molecule has 7 heteroatoms. The number of guanidine groups is 1. The normalized spacial score (nSPS) is 23.8. The largest absolute Gasteiger partial charge is 0.497 e. The van der Waals surface area contributed by atoms with Crippen molar-refractivity contribution in [2.24, 2.45) is 4.99 Å². The molecular formula is C21H34N4O3. The Balaban J connectivity index is 1.46. The summed E-state index contributed by atoms with van der Waals surface area (Å²) in [5, 5.41) is 6.72. The summed E-state index contributed by atoms with van der Waals surface area (Å²) in [5.74, 6) is 2.38. The van der Waals surface area contributed by atoms with Gasteiger partial charge >= 0.3 is 0 Å². The molecule has 1 aromatic rings. The third kappa shape index (κ3) is 6.01. The van der Waals surface area contributed by atoms with Crippen LogP contribution < -0.4 is 20.1 Å². The Morgan fingerprint density at radius 3 is 3.04 bits per heavy atom. The molecule has 156 valence electrons. The zero-order valence-corrected chi connectivity index (χ0v) is 17.3. The number of ether oxygens (including phenoxy) is 3. The van der Waals surface area contributed by atoms with E-state index < -0.39 is 0 Å². The van der Waals surface area contributed by atoms with Gasteiger partial charge in [0, 0.05) is 31.7 Å². The first kappa shape index (κ1) is 20.7. The molecule has 0 bridgehead atoms. The first-order valence-corrected chi connectivity index (χ1v) is 10.4. The van der Waals surface area contributed by atoms with Crippen molar-refractivity contribution >= 4 is 5.96 Å². The summed E-state index contributed by atoms with van der Waals surface area (Å²) >= 11 is 0. The van der Waals surface area contributed by atoms with Crippen molar-refractivity contribution in [2.45, 2.75) is 44.9 Å². The standard InChI is InChI=1S/C21H34N4O3/c1-4-22-21(24-13-20-14-25-10-6-7-17(25)15-27-20)23-12-16(2)28-19-9-5-8-18(11-19)26-3/h5,8-9,11,16-17,20H,4,6-7,10,12-15H2,1-3H3,(H2,22,23,24). The van der Waals surface area contributed by atoms with Crippen LogP contribution in [0.2, 0.25) is 0 Å². The minimum atomic E-state index is -0.0427. The highest BCUT2D eigenvalue weighted by molar-refractivity contribution is 5.79. The lowest BCUT2D eigenvalue weighted by Crippen LogP contribution is -2.51. The van der Waals surface area contributed by atoms with Gasteiger partial charge in [0.15, 0.2) is 5.96 Å². The second-order valence-electron chi connectivity index (χ2n) is 7.45. The average Bonchev–Trinajstić information content (AvgIpc) is 3.18. The Hall–Kier alpha value is -1.99. The summed E-state index contributed by atoms with van der Waals surface area (Å²) in [5.41, 5.74) is 0. The van der Waals surface area contributed by atoms with Crippen LogP contribution >= 0.6 is 0 Å². The third-order valence-electron chi connectivity index (χ3n) is 5.19. The topological polar surface area (TPSA) is 67.4 Å². The number of fused-ring (bicyclic) bond motifs is 1. The first-order chi connectivity index (χ1) is 13.7. The maximum Gasteiger partial charge on any atom is 0.191 e. The number of rotatable bonds is 8. The van der Waals surface area contributed by atoms with E-state index in [4.69, 9.17) is 14.2 Å². The van der Waals surface area contributed by atoms with Crippen LogP contribution in [0.15, 0.2) is 29.3 Å². The van der Waals surface area contributed by atoms with Gasteiger partial charge in [-0.15, -0.1) is 0 Å². The number of methoxy groups -OCH3 is 1. The summed E-state index contributed by atoms with van der Waals surface area (Å²) in [6.45, 7) is 9.29. The molecule has 7 nitrogen and oxygen atoms in total. The molecule has 0 saturated carbocycles. The summed E-state index contributed by atoms with van der Waals surface area (Å²) in [7, 11) is 1.65. The Morgan fingerprint density at radius 1 is 1.36 bits per heavy atom. The van der Waals surface area contributed by atoms with E-state index in [1.165, 1.54) is 19.4 Å². The summed E-state index contributed by atoms with van der Waals surface area (Å²) in [6, 6.07) is 8.27. The van der Waals surface area contributed by atoms with Crippen LogP contribution in [0.1, 0.15) is 26.7 Å². The van der Waals surface area contributed by atoms with E-state index in [1.807, 2.05) is 31.2 Å². The van der Waals surface area contributed by atoms with Gasteiger partial charge in [-0.2, -0.15) is 0 Å². The second kappa shape index (κ2) is 10.5. The Kier molecular flexibility index (Phi) is 7.80. The second-order valence-corrected chi connectivity index (χ2v) is 7.45. The van der Waals surface area contributed by atoms with Gasteiger partial charge in [0.2, 0.25) is 0 Å². The van der Waals surface area contributed by atoms with Gasteiger partial charge in [-0.3, -0.25) is 4.90 Å². The van der Waals surface area contributed by atoms with E-state index in [1.54, 1.807) is 7.11 Å². The molecule has 2 aliphatic heterocycles. The molecule has 2 heterocycles. The molecular weight excluding hydrogens is 356 g/mol. The van der Waals surface area contributed by atoms with Crippen molar-refractivity contribution < 1.29 is 14.2 Å². The molecule has 0 spiro atoms. The lowest BCUT2D eigenvalue weighted by molar-refractivity contribution is -0.0453. The fourth-order valence-electron chi connectivity index (χ4n) is 3.73. The van der Waals surface area contributed by atoms with Crippen LogP contribution in [0.5, 0.6) is 11.5 Å². The monoisotopic (exact) mass is 390 g/mol. The summed E-state index contributed by atoms with van der Waals surface area (Å²) in [4.78, 5) is 7.23. The van der Waals surface area contributed by atoms with Gasteiger partial charge in [-0.1, -0.05) is 6.07 Å². The fraction of sp³-hybridized carbons (Fsp3) is 0.667. The number of hydrogen-bond acceptors (Lipinski definition) is 5. The minimum absolute atomic E-state index is 0.0427. The minimum Gasteiger partial charge on any atom is -0.497 e. The predicted octanol–water partition coefficient (Wildman–Crippen LogP) is 1.88. The summed E-state index contributed by atoms with van der Waals surface area (Å²) in [6.07, 6.45) is 2.74. The lowest BCUT2D eigenvalue weighted by Gasteiger charge is -2.35. The van der Waals surface area contributed by atoms with E-state index in [0.29, 0.717) is 12.6 Å². The van der Waals surface area contributed by atoms with E-state index in [0.717, 1.165) is 43.7 Å². The fourth-order valence-corrected chi connectivity index (χ4v) is 3.73. The van der Waals surface area contributed by atoms with Gasteiger partial charge in [0.25, 0.3) is 0 Å². The molecule has 3 unspecified atom stereocenters. The van der Waals surface area contributed by atoms with Crippen molar-refractivity contribution in [3.8, 4) is 11.5 Å². The van der Waals surface area contributed by atoms with Crippen molar-refractivity contribution in [1.82, 2.24) is 15.5 Å². The van der Waals surface area contributed by atoms with E-state index >= 15 is 0 Å². The molecule has 2 fully saturated rings. The third-order valence-corrected chi connectivity index (χ3v) is 5.19. The SMILES string of the molecule is CCNC(=NCC(C)Oc1cccc(OC)c1)NCC1CN2CCCC2CO1. The average molecular weight is 391 g/mol. The van der Waals surface area contributed by atoms with E-state index in [-0.39, 0.29) is 12.2 Å². The number of morpholine rings is 1. The molecule has 0 radical (unpaired) electrons. The van der Waals surface area contributed by atoms with Crippen LogP contribution in [-0.2, 0) is 4.74 Å². The van der Waals surface area contributed by atoms with Gasteiger partial charge in [0.1, 0.15) is 17.6 Å². The number of benzene rings is 1. The smallest absolute Gasteiger partial charge is 0.191 e. The molecule has 2 N–H and O–H groups in total. The lowest BCUT2D eigenvalue weighted by atomic mass is 10.2. The van der Waals surface area contributed by atoms with Gasteiger partial charge in [0.05, 0.1) is 26.4 Å². The molecule has 3 rings (SSSR count). The maximum atomic E-state index is 6.02. The van der Waals surface area contributed by atoms with Crippen LogP contribution in [0.25, 0.3) is 0 Å². The number of hydrogen-bond donors (Lipinski definition) is 2. The molecule has 28 heavy (non-hydrogen) atoms. The van der Waals surface area contributed by atoms with Gasteiger partial charge in [-0.05, 0) is 45.4 Å². The Morgan fingerprint density at radius 2 is 2.21 bits per heavy atom. The zero-order chi connectivity index (χ0) is 19.8. The molecule has 3 atom stereocenters. The highest BCUT2D eigenvalue weighted by Crippen LogP contribution is 2.22. The maximum absolute atomic E-state index is 6.02. The van der Waals surface area contributed by atoms with Gasteiger partial charge < -0.3 is 24.8 Å². The Bertz CT molecular complexity index is 640. The number of nitrogens with zero attached hydrogens (tertiary/aromatic N) is 2. The van der Waals surface area contributed by atoms with Crippen LogP contribution in [0, 0.1) is 0 Å².